The number of rotatable bonds is 8. The van der Waals surface area contributed by atoms with E-state index in [2.05, 4.69) is 16.7 Å². The summed E-state index contributed by atoms with van der Waals surface area (Å²) in [6, 6.07) is 6.70. The van der Waals surface area contributed by atoms with E-state index in [0.29, 0.717) is 0 Å². The van der Waals surface area contributed by atoms with Crippen LogP contribution >= 0.6 is 11.8 Å². The molecule has 0 aliphatic carbocycles. The second kappa shape index (κ2) is 9.53. The van der Waals surface area contributed by atoms with Gasteiger partial charge in [0.1, 0.15) is 0 Å². The van der Waals surface area contributed by atoms with Crippen molar-refractivity contribution >= 4 is 17.4 Å². The first-order valence-electron chi connectivity index (χ1n) is 8.39. The summed E-state index contributed by atoms with van der Waals surface area (Å²) >= 11 is -0.0567. The number of ether oxygens (including phenoxy) is 1. The average Bonchev–Trinajstić information content (AvgIpc) is 2.54. The average molecular weight is 362 g/mol. The maximum Gasteiger partial charge on any atom is 0.446 e. The summed E-state index contributed by atoms with van der Waals surface area (Å²) in [6.45, 7) is 8.11. The standard InChI is InChI=1S/C17H25F3N2OS/c1-2-3-12-23-13-11-21-7-9-22(10-8-21)15-5-4-6-16(14-15)24-17(18,19)20/h4-6,14H,2-3,7-13H2,1H3. The predicted octanol–water partition coefficient (Wildman–Crippen LogP) is 4.24. The number of alkyl halides is 3. The molecular formula is C17H25F3N2OS. The van der Waals surface area contributed by atoms with E-state index in [0.717, 1.165) is 64.5 Å². The van der Waals surface area contributed by atoms with Crippen molar-refractivity contribution in [1.82, 2.24) is 4.90 Å². The third-order valence-electron chi connectivity index (χ3n) is 3.98. The minimum absolute atomic E-state index is 0.0567. The van der Waals surface area contributed by atoms with Crippen LogP contribution in [0, 0.1) is 0 Å². The van der Waals surface area contributed by atoms with Crippen molar-refractivity contribution in [2.45, 2.75) is 30.2 Å². The number of anilines is 1. The zero-order valence-corrected chi connectivity index (χ0v) is 14.8. The van der Waals surface area contributed by atoms with Crippen molar-refractivity contribution in [3.8, 4) is 0 Å². The van der Waals surface area contributed by atoms with Crippen molar-refractivity contribution in [3.05, 3.63) is 24.3 Å². The zero-order valence-electron chi connectivity index (χ0n) is 14.0. The van der Waals surface area contributed by atoms with Gasteiger partial charge in [0.15, 0.2) is 0 Å². The van der Waals surface area contributed by atoms with Gasteiger partial charge in [-0.25, -0.2) is 0 Å². The van der Waals surface area contributed by atoms with E-state index >= 15 is 0 Å². The highest BCUT2D eigenvalue weighted by atomic mass is 32.2. The quantitative estimate of drug-likeness (QED) is 0.508. The Morgan fingerprint density at radius 3 is 2.54 bits per heavy atom. The van der Waals surface area contributed by atoms with Crippen LogP contribution in [0.3, 0.4) is 0 Å². The van der Waals surface area contributed by atoms with E-state index < -0.39 is 5.51 Å². The van der Waals surface area contributed by atoms with Gasteiger partial charge >= 0.3 is 5.51 Å². The maximum atomic E-state index is 12.5. The van der Waals surface area contributed by atoms with Crippen LogP contribution in [0.15, 0.2) is 29.2 Å². The molecule has 7 heteroatoms. The SMILES string of the molecule is CCCCOCCN1CCN(c2cccc(SC(F)(F)F)c2)CC1. The van der Waals surface area contributed by atoms with Crippen LogP contribution in [0.25, 0.3) is 0 Å². The van der Waals surface area contributed by atoms with Gasteiger partial charge in [0.2, 0.25) is 0 Å². The molecule has 1 aromatic carbocycles. The van der Waals surface area contributed by atoms with Gasteiger partial charge in [-0.2, -0.15) is 13.2 Å². The fourth-order valence-corrected chi connectivity index (χ4v) is 3.24. The van der Waals surface area contributed by atoms with Crippen LogP contribution in [-0.4, -0.2) is 56.3 Å². The highest BCUT2D eigenvalue weighted by Gasteiger charge is 2.29. The molecule has 1 aliphatic heterocycles. The number of thioether (sulfide) groups is 1. The van der Waals surface area contributed by atoms with Crippen LogP contribution in [0.5, 0.6) is 0 Å². The van der Waals surface area contributed by atoms with Crippen molar-refractivity contribution in [1.29, 1.82) is 0 Å². The van der Waals surface area contributed by atoms with Crippen LogP contribution < -0.4 is 4.90 Å². The molecular weight excluding hydrogens is 337 g/mol. The van der Waals surface area contributed by atoms with Crippen molar-refractivity contribution in [2.24, 2.45) is 0 Å². The van der Waals surface area contributed by atoms with E-state index in [9.17, 15) is 13.2 Å². The molecule has 24 heavy (non-hydrogen) atoms. The first-order valence-corrected chi connectivity index (χ1v) is 9.20. The lowest BCUT2D eigenvalue weighted by molar-refractivity contribution is -0.0328. The summed E-state index contributed by atoms with van der Waals surface area (Å²) in [7, 11) is 0. The molecule has 2 rings (SSSR count). The van der Waals surface area contributed by atoms with Gasteiger partial charge in [-0.3, -0.25) is 4.90 Å². The first-order chi connectivity index (χ1) is 11.5. The number of halogens is 3. The van der Waals surface area contributed by atoms with Gasteiger partial charge in [0.25, 0.3) is 0 Å². The number of nitrogens with zero attached hydrogens (tertiary/aromatic N) is 2. The highest BCUT2D eigenvalue weighted by Crippen LogP contribution is 2.38. The smallest absolute Gasteiger partial charge is 0.380 e. The van der Waals surface area contributed by atoms with E-state index in [-0.39, 0.29) is 16.7 Å². The minimum atomic E-state index is -4.24. The monoisotopic (exact) mass is 362 g/mol. The molecule has 0 unspecified atom stereocenters. The van der Waals surface area contributed by atoms with Crippen molar-refractivity contribution in [3.63, 3.8) is 0 Å². The molecule has 136 valence electrons. The Hall–Kier alpha value is -0.920. The van der Waals surface area contributed by atoms with Crippen molar-refractivity contribution < 1.29 is 17.9 Å². The Labute approximate surface area is 146 Å². The second-order valence-electron chi connectivity index (χ2n) is 5.84. The summed E-state index contributed by atoms with van der Waals surface area (Å²) < 4.78 is 43.1. The summed E-state index contributed by atoms with van der Waals surface area (Å²) in [5, 5.41) is 0. The Balaban J connectivity index is 1.77. The predicted molar refractivity (Wildman–Crippen MR) is 92.7 cm³/mol. The van der Waals surface area contributed by atoms with E-state index in [4.69, 9.17) is 4.74 Å². The Morgan fingerprint density at radius 2 is 1.88 bits per heavy atom. The minimum Gasteiger partial charge on any atom is -0.380 e. The van der Waals surface area contributed by atoms with Gasteiger partial charge in [-0.1, -0.05) is 19.4 Å². The third kappa shape index (κ3) is 6.91. The number of unbranched alkanes of at least 4 members (excludes halogenated alkanes) is 1. The molecule has 1 fully saturated rings. The topological polar surface area (TPSA) is 15.7 Å². The van der Waals surface area contributed by atoms with E-state index in [1.54, 1.807) is 12.1 Å². The van der Waals surface area contributed by atoms with Crippen LogP contribution in [-0.2, 0) is 4.74 Å². The van der Waals surface area contributed by atoms with Crippen LogP contribution in [0.2, 0.25) is 0 Å². The lowest BCUT2D eigenvalue weighted by atomic mass is 10.2. The molecule has 0 spiro atoms. The Kier molecular flexibility index (Phi) is 7.71. The Morgan fingerprint density at radius 1 is 1.12 bits per heavy atom. The van der Waals surface area contributed by atoms with Gasteiger partial charge in [-0.05, 0) is 36.4 Å². The molecule has 1 heterocycles. The lowest BCUT2D eigenvalue weighted by Gasteiger charge is -2.36. The first kappa shape index (κ1) is 19.4. The number of hydrogen-bond acceptors (Lipinski definition) is 4. The number of piperazine rings is 1. The van der Waals surface area contributed by atoms with Gasteiger partial charge in [-0.15, -0.1) is 0 Å². The molecule has 0 N–H and O–H groups in total. The molecule has 1 aromatic rings. The highest BCUT2D eigenvalue weighted by molar-refractivity contribution is 8.00. The molecule has 0 amide bonds. The van der Waals surface area contributed by atoms with Crippen LogP contribution in [0.4, 0.5) is 18.9 Å². The fourth-order valence-electron chi connectivity index (χ4n) is 2.65. The van der Waals surface area contributed by atoms with Crippen LogP contribution in [0.1, 0.15) is 19.8 Å². The molecule has 0 aromatic heterocycles. The van der Waals surface area contributed by atoms with E-state index in [1.807, 2.05) is 6.07 Å². The molecule has 3 nitrogen and oxygen atoms in total. The number of benzene rings is 1. The largest absolute Gasteiger partial charge is 0.446 e. The van der Waals surface area contributed by atoms with Gasteiger partial charge in [0.05, 0.1) is 6.61 Å². The van der Waals surface area contributed by atoms with Crippen molar-refractivity contribution in [2.75, 3.05) is 50.8 Å². The molecule has 0 radical (unpaired) electrons. The number of hydrogen-bond donors (Lipinski definition) is 0. The molecule has 0 atom stereocenters. The summed E-state index contributed by atoms with van der Waals surface area (Å²) in [6.07, 6.45) is 2.24. The summed E-state index contributed by atoms with van der Waals surface area (Å²) in [5.41, 5.74) is -3.38. The third-order valence-corrected chi connectivity index (χ3v) is 4.70. The lowest BCUT2D eigenvalue weighted by Crippen LogP contribution is -2.47. The van der Waals surface area contributed by atoms with Gasteiger partial charge < -0.3 is 9.64 Å². The normalized spacial score (nSPS) is 16.6. The Bertz CT molecular complexity index is 491. The molecule has 0 saturated carbocycles. The second-order valence-corrected chi connectivity index (χ2v) is 6.98. The summed E-state index contributed by atoms with van der Waals surface area (Å²) in [4.78, 5) is 4.73. The molecule has 1 saturated heterocycles. The molecule has 0 bridgehead atoms. The van der Waals surface area contributed by atoms with E-state index in [1.165, 1.54) is 6.07 Å². The summed E-state index contributed by atoms with van der Waals surface area (Å²) in [5.74, 6) is 0. The molecule has 1 aliphatic rings. The zero-order chi connectivity index (χ0) is 17.4. The van der Waals surface area contributed by atoms with Gasteiger partial charge in [0, 0.05) is 49.9 Å². The maximum absolute atomic E-state index is 12.5. The fraction of sp³-hybridized carbons (Fsp3) is 0.647.